The highest BCUT2D eigenvalue weighted by atomic mass is 16.7. The van der Waals surface area contributed by atoms with Crippen molar-refractivity contribution >= 4 is 5.69 Å². The van der Waals surface area contributed by atoms with Gasteiger partial charge in [-0.05, 0) is 23.8 Å². The molecule has 0 bridgehead atoms. The van der Waals surface area contributed by atoms with Gasteiger partial charge in [-0.2, -0.15) is 0 Å². The minimum atomic E-state index is 0.0319. The lowest BCUT2D eigenvalue weighted by atomic mass is 9.94. The van der Waals surface area contributed by atoms with Crippen molar-refractivity contribution in [2.24, 2.45) is 0 Å². The third-order valence-electron chi connectivity index (χ3n) is 4.92. The highest BCUT2D eigenvalue weighted by molar-refractivity contribution is 5.64. The first-order valence-corrected chi connectivity index (χ1v) is 8.44. The SMILES string of the molecule is COc1ccccc1N[C@@H]1c2c(cc3c(c2OC)OCO3)CC[NH+]1C. The molecule has 2 aliphatic rings. The minimum absolute atomic E-state index is 0.0319. The van der Waals surface area contributed by atoms with Crippen LogP contribution in [-0.4, -0.2) is 34.6 Å². The fourth-order valence-corrected chi connectivity index (χ4v) is 3.64. The molecule has 2 aliphatic heterocycles. The summed E-state index contributed by atoms with van der Waals surface area (Å²) < 4.78 is 22.5. The van der Waals surface area contributed by atoms with Crippen molar-refractivity contribution in [2.45, 2.75) is 12.6 Å². The van der Waals surface area contributed by atoms with Gasteiger partial charge in [0.25, 0.3) is 0 Å². The molecule has 0 saturated heterocycles. The van der Waals surface area contributed by atoms with Crippen LogP contribution in [0.15, 0.2) is 30.3 Å². The van der Waals surface area contributed by atoms with Crippen molar-refractivity contribution in [3.05, 3.63) is 41.5 Å². The molecule has 0 amide bonds. The van der Waals surface area contributed by atoms with Crippen molar-refractivity contribution in [2.75, 3.05) is 39.9 Å². The molecule has 0 saturated carbocycles. The predicted octanol–water partition coefficient (Wildman–Crippen LogP) is 1.61. The average Bonchev–Trinajstić information content (AvgIpc) is 3.11. The van der Waals surface area contributed by atoms with Crippen molar-refractivity contribution in [1.82, 2.24) is 0 Å². The summed E-state index contributed by atoms with van der Waals surface area (Å²) in [6, 6.07) is 10.0. The Hall–Kier alpha value is -2.60. The van der Waals surface area contributed by atoms with E-state index in [1.807, 2.05) is 24.3 Å². The Kier molecular flexibility index (Phi) is 4.05. The number of hydrogen-bond acceptors (Lipinski definition) is 5. The Labute approximate surface area is 147 Å². The minimum Gasteiger partial charge on any atom is -0.495 e. The zero-order chi connectivity index (χ0) is 17.4. The summed E-state index contributed by atoms with van der Waals surface area (Å²) in [5.41, 5.74) is 3.32. The largest absolute Gasteiger partial charge is 0.495 e. The van der Waals surface area contributed by atoms with Gasteiger partial charge in [-0.1, -0.05) is 12.1 Å². The summed E-state index contributed by atoms with van der Waals surface area (Å²) >= 11 is 0. The number of quaternary nitrogens is 1. The number of nitrogens with one attached hydrogen (secondary N) is 2. The highest BCUT2D eigenvalue weighted by Crippen LogP contribution is 2.47. The number of anilines is 1. The number of benzene rings is 2. The second-order valence-corrected chi connectivity index (χ2v) is 6.34. The zero-order valence-electron chi connectivity index (χ0n) is 14.7. The van der Waals surface area contributed by atoms with Crippen LogP contribution >= 0.6 is 0 Å². The van der Waals surface area contributed by atoms with Gasteiger partial charge in [0.1, 0.15) is 5.75 Å². The third kappa shape index (κ3) is 2.62. The van der Waals surface area contributed by atoms with Gasteiger partial charge in [0.15, 0.2) is 17.7 Å². The fourth-order valence-electron chi connectivity index (χ4n) is 3.64. The van der Waals surface area contributed by atoms with Crippen LogP contribution in [0.1, 0.15) is 17.3 Å². The molecule has 2 N–H and O–H groups in total. The first-order chi connectivity index (χ1) is 12.2. The summed E-state index contributed by atoms with van der Waals surface area (Å²) in [7, 11) is 5.55. The standard InChI is InChI=1S/C19H22N2O4/c1-21-9-8-12-10-15-17(25-11-24-15)18(23-3)16(12)19(21)20-13-6-4-5-7-14(13)22-2/h4-7,10,19-20H,8-9,11H2,1-3H3/p+1/t19-/m0/s1. The Bertz CT molecular complexity index is 793. The van der Waals surface area contributed by atoms with Crippen LogP contribution < -0.4 is 29.2 Å². The van der Waals surface area contributed by atoms with Gasteiger partial charge in [0.2, 0.25) is 12.5 Å². The summed E-state index contributed by atoms with van der Waals surface area (Å²) in [6.45, 7) is 1.25. The van der Waals surface area contributed by atoms with Crippen LogP contribution in [-0.2, 0) is 6.42 Å². The van der Waals surface area contributed by atoms with Crippen LogP contribution in [0.5, 0.6) is 23.0 Å². The van der Waals surface area contributed by atoms with Crippen molar-refractivity contribution in [1.29, 1.82) is 0 Å². The first kappa shape index (κ1) is 15.9. The normalized spacial score (nSPS) is 20.8. The van der Waals surface area contributed by atoms with E-state index in [4.69, 9.17) is 18.9 Å². The highest BCUT2D eigenvalue weighted by Gasteiger charge is 2.36. The number of para-hydroxylation sites is 2. The van der Waals surface area contributed by atoms with E-state index in [0.717, 1.165) is 41.5 Å². The number of fused-ring (bicyclic) bond motifs is 2. The van der Waals surface area contributed by atoms with Crippen molar-refractivity contribution < 1.29 is 23.8 Å². The predicted molar refractivity (Wildman–Crippen MR) is 93.9 cm³/mol. The number of rotatable bonds is 4. The van der Waals surface area contributed by atoms with E-state index in [9.17, 15) is 0 Å². The molecule has 0 fully saturated rings. The Morgan fingerprint density at radius 3 is 2.80 bits per heavy atom. The van der Waals surface area contributed by atoms with E-state index in [2.05, 4.69) is 18.4 Å². The molecule has 25 heavy (non-hydrogen) atoms. The summed E-state index contributed by atoms with van der Waals surface area (Å²) in [5, 5.41) is 3.63. The van der Waals surface area contributed by atoms with Crippen LogP contribution in [0.2, 0.25) is 0 Å². The van der Waals surface area contributed by atoms with Gasteiger partial charge < -0.3 is 29.2 Å². The maximum atomic E-state index is 5.74. The number of methoxy groups -OCH3 is 2. The van der Waals surface area contributed by atoms with Crippen LogP contribution in [0.25, 0.3) is 0 Å². The van der Waals surface area contributed by atoms with Gasteiger partial charge >= 0.3 is 0 Å². The first-order valence-electron chi connectivity index (χ1n) is 8.44. The monoisotopic (exact) mass is 343 g/mol. The van der Waals surface area contributed by atoms with Gasteiger partial charge in [0.05, 0.1) is 39.1 Å². The van der Waals surface area contributed by atoms with E-state index in [-0.39, 0.29) is 13.0 Å². The van der Waals surface area contributed by atoms with Crippen LogP contribution in [0.3, 0.4) is 0 Å². The maximum Gasteiger partial charge on any atom is 0.231 e. The molecule has 2 heterocycles. The van der Waals surface area contributed by atoms with E-state index in [1.54, 1.807) is 14.2 Å². The van der Waals surface area contributed by atoms with Crippen LogP contribution in [0.4, 0.5) is 5.69 Å². The van der Waals surface area contributed by atoms with E-state index in [1.165, 1.54) is 10.5 Å². The lowest BCUT2D eigenvalue weighted by Crippen LogP contribution is -3.11. The molecule has 2 aromatic carbocycles. The molecular weight excluding hydrogens is 320 g/mol. The number of ether oxygens (including phenoxy) is 4. The summed E-state index contributed by atoms with van der Waals surface area (Å²) in [6.07, 6.45) is 1.00. The summed E-state index contributed by atoms with van der Waals surface area (Å²) in [4.78, 5) is 1.36. The topological polar surface area (TPSA) is 53.4 Å². The van der Waals surface area contributed by atoms with E-state index in [0.29, 0.717) is 5.75 Å². The van der Waals surface area contributed by atoms with Gasteiger partial charge in [-0.15, -0.1) is 0 Å². The molecule has 0 radical (unpaired) electrons. The fraction of sp³-hybridized carbons (Fsp3) is 0.368. The lowest BCUT2D eigenvalue weighted by Gasteiger charge is -2.34. The second kappa shape index (κ2) is 6.37. The molecule has 6 nitrogen and oxygen atoms in total. The van der Waals surface area contributed by atoms with Gasteiger partial charge in [-0.3, -0.25) is 0 Å². The van der Waals surface area contributed by atoms with Gasteiger partial charge in [0, 0.05) is 6.42 Å². The smallest absolute Gasteiger partial charge is 0.231 e. The maximum absolute atomic E-state index is 5.74. The van der Waals surface area contributed by atoms with Crippen molar-refractivity contribution in [3.63, 3.8) is 0 Å². The van der Waals surface area contributed by atoms with E-state index < -0.39 is 0 Å². The average molecular weight is 343 g/mol. The molecule has 132 valence electrons. The van der Waals surface area contributed by atoms with Gasteiger partial charge in [-0.25, -0.2) is 0 Å². The Balaban J connectivity index is 1.80. The molecule has 4 rings (SSSR count). The molecule has 6 heteroatoms. The van der Waals surface area contributed by atoms with Crippen LogP contribution in [0, 0.1) is 0 Å². The molecule has 2 aromatic rings. The molecule has 0 aromatic heterocycles. The lowest BCUT2D eigenvalue weighted by molar-refractivity contribution is -0.910. The molecule has 2 atom stereocenters. The third-order valence-corrected chi connectivity index (χ3v) is 4.92. The molecular formula is C19H23N2O4+. The second-order valence-electron chi connectivity index (χ2n) is 6.34. The zero-order valence-corrected chi connectivity index (χ0v) is 14.7. The van der Waals surface area contributed by atoms with E-state index >= 15 is 0 Å². The Morgan fingerprint density at radius 1 is 1.16 bits per heavy atom. The molecule has 1 unspecified atom stereocenters. The van der Waals surface area contributed by atoms with Crippen molar-refractivity contribution in [3.8, 4) is 23.0 Å². The quantitative estimate of drug-likeness (QED) is 0.883. The number of likely N-dealkylation sites (N-methyl/N-ethyl adjacent to an activating group) is 1. The summed E-state index contributed by atoms with van der Waals surface area (Å²) in [5.74, 6) is 3.05. The molecule has 0 spiro atoms. The Morgan fingerprint density at radius 2 is 2.00 bits per heavy atom. The number of hydrogen-bond donors (Lipinski definition) is 2. The molecule has 0 aliphatic carbocycles.